The number of aromatic nitrogens is 1. The molecular weight excluding hydrogens is 248 g/mol. The Morgan fingerprint density at radius 2 is 2.20 bits per heavy atom. The van der Waals surface area contributed by atoms with E-state index in [0.717, 1.165) is 34.3 Å². The third-order valence-corrected chi connectivity index (χ3v) is 4.19. The van der Waals surface area contributed by atoms with Crippen LogP contribution in [0.15, 0.2) is 24.3 Å². The Morgan fingerprint density at radius 3 is 3.10 bits per heavy atom. The highest BCUT2D eigenvalue weighted by molar-refractivity contribution is 5.80. The molecule has 1 unspecified atom stereocenters. The Hall–Kier alpha value is -2.34. The van der Waals surface area contributed by atoms with Crippen LogP contribution in [0.3, 0.4) is 0 Å². The Bertz CT molecular complexity index is 861. The highest BCUT2D eigenvalue weighted by Crippen LogP contribution is 2.27. The maximum atomic E-state index is 9.01. The molecular formula is C17H14N2O. The highest BCUT2D eigenvalue weighted by Gasteiger charge is 2.23. The van der Waals surface area contributed by atoms with Crippen LogP contribution in [-0.2, 0) is 4.74 Å². The molecule has 2 aromatic rings. The van der Waals surface area contributed by atoms with Crippen LogP contribution in [0.1, 0.15) is 31.2 Å². The zero-order valence-electron chi connectivity index (χ0n) is 11.1. The van der Waals surface area contributed by atoms with Gasteiger partial charge in [0.2, 0.25) is 0 Å². The molecule has 1 saturated carbocycles. The quantitative estimate of drug-likeness (QED) is 0.729. The van der Waals surface area contributed by atoms with Gasteiger partial charge in [-0.2, -0.15) is 5.26 Å². The number of ether oxygens (including phenoxy) is 1. The number of fused-ring (bicyclic) bond motifs is 3. The standard InChI is InChI=1S/C17H14N2O/c18-9-11-5-6-12-8-13-10-20-16-4-2-1-3-14(16)17(13)19-15(12)7-11/h5-8,10,16H,1-4H2. The maximum Gasteiger partial charge on any atom is 0.121 e. The molecule has 3 nitrogen and oxygen atoms in total. The summed E-state index contributed by atoms with van der Waals surface area (Å²) in [6, 6.07) is 9.93. The van der Waals surface area contributed by atoms with E-state index < -0.39 is 0 Å². The first-order chi connectivity index (χ1) is 9.85. The summed E-state index contributed by atoms with van der Waals surface area (Å²) < 4.78 is 5.85. The topological polar surface area (TPSA) is 45.9 Å². The van der Waals surface area contributed by atoms with Crippen molar-refractivity contribution in [1.29, 1.82) is 5.26 Å². The van der Waals surface area contributed by atoms with E-state index in [0.29, 0.717) is 5.56 Å². The molecule has 0 bridgehead atoms. The van der Waals surface area contributed by atoms with Gasteiger partial charge in [0.05, 0.1) is 28.8 Å². The second-order valence-corrected chi connectivity index (χ2v) is 5.46. The number of rotatable bonds is 0. The summed E-state index contributed by atoms with van der Waals surface area (Å²) in [5.74, 6) is 0. The minimum Gasteiger partial charge on any atom is -0.493 e. The molecule has 2 heterocycles. The minimum absolute atomic E-state index is 0.209. The van der Waals surface area contributed by atoms with Gasteiger partial charge in [0, 0.05) is 10.6 Å². The predicted molar refractivity (Wildman–Crippen MR) is 76.9 cm³/mol. The summed E-state index contributed by atoms with van der Waals surface area (Å²) in [6.07, 6.45) is 6.65. The monoisotopic (exact) mass is 262 g/mol. The van der Waals surface area contributed by atoms with E-state index in [4.69, 9.17) is 15.0 Å². The summed E-state index contributed by atoms with van der Waals surface area (Å²) in [7, 11) is 0. The summed E-state index contributed by atoms with van der Waals surface area (Å²) in [4.78, 5) is 4.81. The number of pyridine rings is 1. The van der Waals surface area contributed by atoms with Crippen molar-refractivity contribution in [2.45, 2.75) is 31.8 Å². The number of nitrogens with zero attached hydrogens (tertiary/aromatic N) is 2. The number of nitriles is 1. The van der Waals surface area contributed by atoms with E-state index in [1.54, 1.807) is 0 Å². The number of benzene rings is 1. The summed E-state index contributed by atoms with van der Waals surface area (Å²) in [5, 5.41) is 12.2. The largest absolute Gasteiger partial charge is 0.493 e. The lowest BCUT2D eigenvalue weighted by atomic mass is 9.90. The van der Waals surface area contributed by atoms with E-state index in [-0.39, 0.29) is 6.10 Å². The van der Waals surface area contributed by atoms with Crippen LogP contribution in [-0.4, -0.2) is 11.1 Å². The Kier molecular flexibility index (Phi) is 2.50. The van der Waals surface area contributed by atoms with Crippen molar-refractivity contribution in [3.63, 3.8) is 0 Å². The molecule has 1 aliphatic heterocycles. The van der Waals surface area contributed by atoms with Crippen LogP contribution in [0, 0.1) is 11.3 Å². The average Bonchev–Trinajstić information content (AvgIpc) is 2.52. The SMILES string of the molecule is N#Cc1ccc2cc3c(nc2c1)=C1CCCCC1OC=3. The van der Waals surface area contributed by atoms with Crippen LogP contribution in [0.2, 0.25) is 0 Å². The predicted octanol–water partition coefficient (Wildman–Crippen LogP) is 1.97. The van der Waals surface area contributed by atoms with E-state index in [1.807, 2.05) is 24.5 Å². The molecule has 1 fully saturated rings. The zero-order chi connectivity index (χ0) is 13.5. The molecule has 3 heteroatoms. The molecule has 1 aliphatic carbocycles. The maximum absolute atomic E-state index is 9.01. The molecule has 0 spiro atoms. The van der Waals surface area contributed by atoms with E-state index in [1.165, 1.54) is 18.4 Å². The Morgan fingerprint density at radius 1 is 1.25 bits per heavy atom. The molecule has 0 N–H and O–H groups in total. The third kappa shape index (κ3) is 1.69. The van der Waals surface area contributed by atoms with Crippen molar-refractivity contribution in [2.75, 3.05) is 0 Å². The van der Waals surface area contributed by atoms with Crippen molar-refractivity contribution in [3.05, 3.63) is 40.4 Å². The van der Waals surface area contributed by atoms with Gasteiger partial charge in [-0.15, -0.1) is 0 Å². The highest BCUT2D eigenvalue weighted by atomic mass is 16.5. The minimum atomic E-state index is 0.209. The van der Waals surface area contributed by atoms with Crippen molar-refractivity contribution < 1.29 is 4.74 Å². The van der Waals surface area contributed by atoms with Crippen molar-refractivity contribution >= 4 is 22.7 Å². The van der Waals surface area contributed by atoms with Crippen molar-refractivity contribution in [3.8, 4) is 6.07 Å². The van der Waals surface area contributed by atoms with Gasteiger partial charge in [-0.3, -0.25) is 0 Å². The summed E-state index contributed by atoms with van der Waals surface area (Å²) in [5.41, 5.74) is 2.89. The van der Waals surface area contributed by atoms with Crippen molar-refractivity contribution in [1.82, 2.24) is 4.98 Å². The molecule has 4 rings (SSSR count). The molecule has 0 radical (unpaired) electrons. The van der Waals surface area contributed by atoms with E-state index in [9.17, 15) is 0 Å². The molecule has 1 aromatic heterocycles. The molecule has 1 atom stereocenters. The molecule has 98 valence electrons. The van der Waals surface area contributed by atoms with Gasteiger partial charge in [-0.1, -0.05) is 6.07 Å². The lowest BCUT2D eigenvalue weighted by molar-refractivity contribution is 0.200. The molecule has 20 heavy (non-hydrogen) atoms. The lowest BCUT2D eigenvalue weighted by Gasteiger charge is -2.27. The van der Waals surface area contributed by atoms with Gasteiger partial charge in [0.25, 0.3) is 0 Å². The van der Waals surface area contributed by atoms with Gasteiger partial charge in [-0.25, -0.2) is 4.98 Å². The first-order valence-corrected chi connectivity index (χ1v) is 7.05. The normalized spacial score (nSPS) is 20.4. The molecule has 2 aliphatic rings. The second kappa shape index (κ2) is 4.35. The average molecular weight is 262 g/mol. The van der Waals surface area contributed by atoms with Gasteiger partial charge < -0.3 is 4.74 Å². The first kappa shape index (κ1) is 11.5. The van der Waals surface area contributed by atoms with Gasteiger partial charge in [0.1, 0.15) is 6.10 Å². The van der Waals surface area contributed by atoms with Crippen LogP contribution >= 0.6 is 0 Å². The fourth-order valence-corrected chi connectivity index (χ4v) is 3.16. The van der Waals surface area contributed by atoms with Crippen LogP contribution in [0.5, 0.6) is 0 Å². The van der Waals surface area contributed by atoms with Crippen LogP contribution in [0.25, 0.3) is 22.7 Å². The Labute approximate surface area is 116 Å². The first-order valence-electron chi connectivity index (χ1n) is 7.05. The van der Waals surface area contributed by atoms with E-state index in [2.05, 4.69) is 12.1 Å². The van der Waals surface area contributed by atoms with Crippen LogP contribution in [0.4, 0.5) is 0 Å². The summed E-state index contributed by atoms with van der Waals surface area (Å²) >= 11 is 0. The molecule has 0 amide bonds. The Balaban J connectivity index is 2.05. The number of hydrogen-bond donors (Lipinski definition) is 0. The van der Waals surface area contributed by atoms with Gasteiger partial charge >= 0.3 is 0 Å². The molecule has 1 aromatic carbocycles. The fraction of sp³-hybridized carbons (Fsp3) is 0.294. The van der Waals surface area contributed by atoms with Gasteiger partial charge in [-0.05, 0) is 49.5 Å². The zero-order valence-corrected chi connectivity index (χ0v) is 11.1. The second-order valence-electron chi connectivity index (χ2n) is 5.46. The van der Waals surface area contributed by atoms with Crippen LogP contribution < -0.4 is 10.6 Å². The van der Waals surface area contributed by atoms with Gasteiger partial charge in [0.15, 0.2) is 0 Å². The smallest absolute Gasteiger partial charge is 0.121 e. The van der Waals surface area contributed by atoms with Crippen molar-refractivity contribution in [2.24, 2.45) is 0 Å². The lowest BCUT2D eigenvalue weighted by Crippen LogP contribution is -2.39. The molecule has 0 saturated heterocycles. The number of hydrogen-bond acceptors (Lipinski definition) is 3. The fourth-order valence-electron chi connectivity index (χ4n) is 3.16. The third-order valence-electron chi connectivity index (χ3n) is 4.19. The summed E-state index contributed by atoms with van der Waals surface area (Å²) in [6.45, 7) is 0. The van der Waals surface area contributed by atoms with E-state index >= 15 is 0 Å².